The number of hydrogen-bond donors (Lipinski definition) is 4. The molecule has 192 valence electrons. The molecule has 3 aromatic carbocycles. The van der Waals surface area contributed by atoms with E-state index in [4.69, 9.17) is 17.0 Å². The molecule has 4 N–H and O–H groups in total. The number of phenolic OH excluding ortho intramolecular Hbond substituents is 1. The SMILES string of the molecule is COc1cc(CNS(=O)(=O)c2ccc(NC(=S)NCc3ccc(C(C)(C)C)cc3)cc2)c(I)cc1O. The van der Waals surface area contributed by atoms with Crippen LogP contribution < -0.4 is 20.1 Å². The molecule has 0 atom stereocenters. The van der Waals surface area contributed by atoms with Gasteiger partial charge in [-0.3, -0.25) is 0 Å². The first-order chi connectivity index (χ1) is 16.9. The Bertz CT molecular complexity index is 1320. The third-order valence-corrected chi connectivity index (χ3v) is 8.16. The minimum absolute atomic E-state index is 0.00226. The summed E-state index contributed by atoms with van der Waals surface area (Å²) in [5.41, 5.74) is 3.86. The number of phenols is 1. The second-order valence-electron chi connectivity index (χ2n) is 9.22. The van der Waals surface area contributed by atoms with Gasteiger partial charge in [0.15, 0.2) is 16.6 Å². The summed E-state index contributed by atoms with van der Waals surface area (Å²) in [7, 11) is -2.30. The van der Waals surface area contributed by atoms with Crippen molar-refractivity contribution in [3.05, 3.63) is 80.9 Å². The first-order valence-corrected chi connectivity index (χ1v) is 14.2. The minimum atomic E-state index is -3.74. The van der Waals surface area contributed by atoms with Crippen LogP contribution in [-0.4, -0.2) is 25.7 Å². The van der Waals surface area contributed by atoms with E-state index in [1.807, 2.05) is 22.6 Å². The lowest BCUT2D eigenvalue weighted by Crippen LogP contribution is -2.28. The molecule has 10 heteroatoms. The molecule has 3 rings (SSSR count). The Balaban J connectivity index is 1.56. The quantitative estimate of drug-likeness (QED) is 0.197. The molecule has 0 saturated heterocycles. The van der Waals surface area contributed by atoms with Gasteiger partial charge in [0.25, 0.3) is 0 Å². The van der Waals surface area contributed by atoms with Crippen molar-refractivity contribution >= 4 is 55.6 Å². The maximum absolute atomic E-state index is 12.8. The molecular formula is C26H30IN3O4S2. The number of thiocarbonyl (C=S) groups is 1. The fourth-order valence-corrected chi connectivity index (χ4v) is 5.18. The van der Waals surface area contributed by atoms with Gasteiger partial charge in [-0.05, 0) is 93.3 Å². The van der Waals surface area contributed by atoms with Gasteiger partial charge >= 0.3 is 0 Å². The zero-order valence-electron chi connectivity index (χ0n) is 20.6. The number of halogens is 1. The van der Waals surface area contributed by atoms with Crippen molar-refractivity contribution < 1.29 is 18.3 Å². The summed E-state index contributed by atoms with van der Waals surface area (Å²) < 4.78 is 33.9. The zero-order valence-corrected chi connectivity index (χ0v) is 24.3. The molecule has 0 spiro atoms. The summed E-state index contributed by atoms with van der Waals surface area (Å²) in [6.07, 6.45) is 0. The van der Waals surface area contributed by atoms with Crippen molar-refractivity contribution in [3.63, 3.8) is 0 Å². The molecule has 0 aliphatic carbocycles. The number of sulfonamides is 1. The van der Waals surface area contributed by atoms with E-state index in [0.29, 0.717) is 22.9 Å². The van der Waals surface area contributed by atoms with Crippen LogP contribution in [0, 0.1) is 3.57 Å². The summed E-state index contributed by atoms with van der Waals surface area (Å²) in [5.74, 6) is 0.286. The Morgan fingerprint density at radius 1 is 1.03 bits per heavy atom. The van der Waals surface area contributed by atoms with Crippen LogP contribution in [-0.2, 0) is 28.5 Å². The van der Waals surface area contributed by atoms with E-state index in [1.54, 1.807) is 18.2 Å². The highest BCUT2D eigenvalue weighted by molar-refractivity contribution is 14.1. The fraction of sp³-hybridized carbons (Fsp3) is 0.269. The van der Waals surface area contributed by atoms with Gasteiger partial charge in [0.2, 0.25) is 10.0 Å². The second kappa shape index (κ2) is 11.8. The van der Waals surface area contributed by atoms with Crippen LogP contribution in [0.15, 0.2) is 65.6 Å². The van der Waals surface area contributed by atoms with E-state index < -0.39 is 10.0 Å². The molecule has 36 heavy (non-hydrogen) atoms. The van der Waals surface area contributed by atoms with Crippen molar-refractivity contribution in [2.24, 2.45) is 0 Å². The van der Waals surface area contributed by atoms with Crippen LogP contribution in [0.25, 0.3) is 0 Å². The third kappa shape index (κ3) is 7.55. The molecule has 0 unspecified atom stereocenters. The smallest absolute Gasteiger partial charge is 0.240 e. The average Bonchev–Trinajstić information content (AvgIpc) is 2.82. The van der Waals surface area contributed by atoms with Crippen LogP contribution in [0.4, 0.5) is 5.69 Å². The summed E-state index contributed by atoms with van der Waals surface area (Å²) in [5, 5.41) is 16.5. The minimum Gasteiger partial charge on any atom is -0.504 e. The maximum Gasteiger partial charge on any atom is 0.240 e. The van der Waals surface area contributed by atoms with E-state index in [-0.39, 0.29) is 28.4 Å². The van der Waals surface area contributed by atoms with E-state index in [9.17, 15) is 13.5 Å². The standard InChI is InChI=1S/C26H30IN3O4S2/c1-26(2,3)19-7-5-17(6-8-19)15-28-25(35)30-20-9-11-21(12-10-20)36(32,33)29-16-18-13-24(34-4)23(31)14-22(18)27/h5-14,29,31H,15-16H2,1-4H3,(H2,28,30,35). The van der Waals surface area contributed by atoms with Crippen LogP contribution in [0.1, 0.15) is 37.5 Å². The molecule has 0 fully saturated rings. The van der Waals surface area contributed by atoms with Gasteiger partial charge in [0.05, 0.1) is 12.0 Å². The normalized spacial score (nSPS) is 11.7. The Morgan fingerprint density at radius 2 is 1.67 bits per heavy atom. The van der Waals surface area contributed by atoms with Crippen LogP contribution in [0.2, 0.25) is 0 Å². The van der Waals surface area contributed by atoms with Crippen molar-refractivity contribution in [1.82, 2.24) is 10.0 Å². The number of nitrogens with one attached hydrogen (secondary N) is 3. The molecule has 0 amide bonds. The summed E-state index contributed by atoms with van der Waals surface area (Å²) in [4.78, 5) is 0.131. The molecule has 0 aliphatic rings. The van der Waals surface area contributed by atoms with Gasteiger partial charge in [-0.15, -0.1) is 0 Å². The van der Waals surface area contributed by atoms with Crippen molar-refractivity contribution in [2.75, 3.05) is 12.4 Å². The number of hydrogen-bond acceptors (Lipinski definition) is 5. The van der Waals surface area contributed by atoms with Gasteiger partial charge in [-0.1, -0.05) is 45.0 Å². The molecule has 0 bridgehead atoms. The number of methoxy groups -OCH3 is 1. The number of anilines is 1. The number of aromatic hydroxyl groups is 1. The maximum atomic E-state index is 12.8. The molecule has 0 saturated carbocycles. The van der Waals surface area contributed by atoms with Crippen molar-refractivity contribution in [3.8, 4) is 11.5 Å². The molecule has 3 aromatic rings. The first-order valence-electron chi connectivity index (χ1n) is 11.2. The predicted octanol–water partition coefficient (Wildman–Crippen LogP) is 5.27. The van der Waals surface area contributed by atoms with E-state index >= 15 is 0 Å². The van der Waals surface area contributed by atoms with Crippen LogP contribution >= 0.6 is 34.8 Å². The van der Waals surface area contributed by atoms with Gasteiger partial charge in [-0.2, -0.15) is 0 Å². The Hall–Kier alpha value is -2.41. The highest BCUT2D eigenvalue weighted by Gasteiger charge is 2.16. The van der Waals surface area contributed by atoms with E-state index in [1.165, 1.54) is 30.9 Å². The highest BCUT2D eigenvalue weighted by Crippen LogP contribution is 2.30. The highest BCUT2D eigenvalue weighted by atomic mass is 127. The second-order valence-corrected chi connectivity index (χ2v) is 12.6. The summed E-state index contributed by atoms with van der Waals surface area (Å²) >= 11 is 7.42. The molecule has 0 aliphatic heterocycles. The van der Waals surface area contributed by atoms with Gasteiger partial charge < -0.3 is 20.5 Å². The number of benzene rings is 3. The van der Waals surface area contributed by atoms with Crippen molar-refractivity contribution in [1.29, 1.82) is 0 Å². The fourth-order valence-electron chi connectivity index (χ4n) is 3.34. The average molecular weight is 640 g/mol. The van der Waals surface area contributed by atoms with Gasteiger partial charge in [0.1, 0.15) is 0 Å². The topological polar surface area (TPSA) is 99.7 Å². The molecule has 7 nitrogen and oxygen atoms in total. The predicted molar refractivity (Wildman–Crippen MR) is 156 cm³/mol. The Morgan fingerprint density at radius 3 is 2.25 bits per heavy atom. The molecule has 0 heterocycles. The Labute approximate surface area is 231 Å². The first kappa shape index (κ1) is 28.2. The lowest BCUT2D eigenvalue weighted by Gasteiger charge is -2.19. The van der Waals surface area contributed by atoms with Gasteiger partial charge in [0, 0.05) is 22.3 Å². The van der Waals surface area contributed by atoms with Crippen LogP contribution in [0.3, 0.4) is 0 Å². The third-order valence-electron chi connectivity index (χ3n) is 5.50. The van der Waals surface area contributed by atoms with Gasteiger partial charge in [-0.25, -0.2) is 13.1 Å². The largest absolute Gasteiger partial charge is 0.504 e. The summed E-state index contributed by atoms with van der Waals surface area (Å²) in [6.45, 7) is 7.17. The van der Waals surface area contributed by atoms with Crippen LogP contribution in [0.5, 0.6) is 11.5 Å². The molecule has 0 radical (unpaired) electrons. The molecule has 0 aromatic heterocycles. The lowest BCUT2D eigenvalue weighted by molar-refractivity contribution is 0.372. The zero-order chi connectivity index (χ0) is 26.5. The monoisotopic (exact) mass is 639 g/mol. The number of ether oxygens (including phenoxy) is 1. The van der Waals surface area contributed by atoms with E-state index in [2.05, 4.69) is 60.4 Å². The Kier molecular flexibility index (Phi) is 9.20. The lowest BCUT2D eigenvalue weighted by atomic mass is 9.87. The van der Waals surface area contributed by atoms with E-state index in [0.717, 1.165) is 9.13 Å². The molecular weight excluding hydrogens is 609 g/mol. The van der Waals surface area contributed by atoms with Crippen molar-refractivity contribution in [2.45, 2.75) is 44.2 Å². The number of rotatable bonds is 8. The summed E-state index contributed by atoms with van der Waals surface area (Å²) in [6, 6.07) is 17.9.